The predicted octanol–water partition coefficient (Wildman–Crippen LogP) is 3.41. The van der Waals surface area contributed by atoms with Crippen molar-refractivity contribution in [2.45, 2.75) is 76.5 Å². The largest absolute Gasteiger partial charge is 0.467 e. The fraction of sp³-hybridized carbons (Fsp3) is 0.517. The summed E-state index contributed by atoms with van der Waals surface area (Å²) >= 11 is 0. The lowest BCUT2D eigenvalue weighted by Gasteiger charge is -2.43. The van der Waals surface area contributed by atoms with E-state index in [4.69, 9.17) is 23.4 Å². The van der Waals surface area contributed by atoms with E-state index in [1.54, 1.807) is 20.8 Å². The van der Waals surface area contributed by atoms with Gasteiger partial charge >= 0.3 is 12.1 Å². The summed E-state index contributed by atoms with van der Waals surface area (Å²) in [5.41, 5.74) is -0.700. The van der Waals surface area contributed by atoms with Gasteiger partial charge in [-0.1, -0.05) is 81.4 Å². The summed E-state index contributed by atoms with van der Waals surface area (Å²) in [5, 5.41) is 4.83. The molecule has 0 aromatic heterocycles. The number of rotatable bonds is 8. The number of benzene rings is 2. The number of carbonyl (C=O) groups excluding carboxylic acids is 2. The van der Waals surface area contributed by atoms with Crippen molar-refractivity contribution in [3.8, 4) is 0 Å². The van der Waals surface area contributed by atoms with Crippen LogP contribution in [0, 0.1) is 0 Å². The van der Waals surface area contributed by atoms with Crippen molar-refractivity contribution in [3.05, 3.63) is 60.7 Å². The van der Waals surface area contributed by atoms with E-state index in [9.17, 15) is 9.59 Å². The lowest BCUT2D eigenvalue weighted by Crippen LogP contribution is -2.67. The van der Waals surface area contributed by atoms with Gasteiger partial charge in [-0.25, -0.2) is 9.59 Å². The lowest BCUT2D eigenvalue weighted by atomic mass is 10.0. The van der Waals surface area contributed by atoms with Crippen LogP contribution in [0.2, 0.25) is 5.04 Å². The Kier molecular flexibility index (Phi) is 9.41. The van der Waals surface area contributed by atoms with Gasteiger partial charge in [0.1, 0.15) is 17.8 Å². The number of amides is 1. The molecule has 0 saturated carbocycles. The molecule has 1 heterocycles. The van der Waals surface area contributed by atoms with Crippen LogP contribution in [0.15, 0.2) is 60.7 Å². The van der Waals surface area contributed by atoms with Crippen molar-refractivity contribution in [3.63, 3.8) is 0 Å². The molecule has 208 valence electrons. The molecule has 1 amide bonds. The number of hydrogen-bond acceptors (Lipinski definition) is 7. The molecule has 0 unspecified atom stereocenters. The van der Waals surface area contributed by atoms with Gasteiger partial charge in [0.15, 0.2) is 6.10 Å². The maximum atomic E-state index is 12.8. The third-order valence-electron chi connectivity index (χ3n) is 6.64. The van der Waals surface area contributed by atoms with Crippen molar-refractivity contribution >= 4 is 30.8 Å². The number of hydrogen-bond donors (Lipinski definition) is 1. The van der Waals surface area contributed by atoms with Gasteiger partial charge in [0.2, 0.25) is 0 Å². The number of carbonyl (C=O) groups is 2. The number of alkyl carbamates (subject to hydrolysis) is 1. The number of ether oxygens (including phenoxy) is 4. The molecule has 1 aliphatic heterocycles. The molecule has 9 heteroatoms. The minimum atomic E-state index is -2.90. The van der Waals surface area contributed by atoms with Crippen LogP contribution in [0.5, 0.6) is 0 Å². The molecule has 1 N–H and O–H groups in total. The van der Waals surface area contributed by atoms with Gasteiger partial charge in [-0.3, -0.25) is 0 Å². The van der Waals surface area contributed by atoms with Crippen LogP contribution in [0.25, 0.3) is 0 Å². The molecule has 1 saturated heterocycles. The average Bonchev–Trinajstić information content (AvgIpc) is 3.20. The van der Waals surface area contributed by atoms with Crippen molar-refractivity contribution in [2.24, 2.45) is 0 Å². The fourth-order valence-corrected chi connectivity index (χ4v) is 9.63. The van der Waals surface area contributed by atoms with Gasteiger partial charge in [0, 0.05) is 7.11 Å². The number of esters is 1. The highest BCUT2D eigenvalue weighted by molar-refractivity contribution is 6.99. The molecule has 0 spiro atoms. The van der Waals surface area contributed by atoms with Crippen LogP contribution in [-0.2, 0) is 28.2 Å². The molecule has 0 bridgehead atoms. The fourth-order valence-electron chi connectivity index (χ4n) is 5.06. The van der Waals surface area contributed by atoms with E-state index < -0.39 is 50.3 Å². The lowest BCUT2D eigenvalue weighted by molar-refractivity contribution is -0.158. The minimum Gasteiger partial charge on any atom is -0.467 e. The summed E-state index contributed by atoms with van der Waals surface area (Å²) in [6, 6.07) is 19.7. The van der Waals surface area contributed by atoms with Gasteiger partial charge in [0.05, 0.1) is 19.8 Å². The van der Waals surface area contributed by atoms with Crippen molar-refractivity contribution < 1.29 is 33.0 Å². The van der Waals surface area contributed by atoms with Crippen LogP contribution in [0.1, 0.15) is 41.5 Å². The molecule has 4 atom stereocenters. The summed E-state index contributed by atoms with van der Waals surface area (Å²) in [4.78, 5) is 25.4. The molecule has 0 radical (unpaired) electrons. The first-order valence-corrected chi connectivity index (χ1v) is 14.8. The van der Waals surface area contributed by atoms with E-state index in [1.165, 1.54) is 14.2 Å². The Hall–Kier alpha value is -2.72. The van der Waals surface area contributed by atoms with Crippen LogP contribution in [0.3, 0.4) is 0 Å². The molecule has 8 nitrogen and oxygen atoms in total. The second-order valence-corrected chi connectivity index (χ2v) is 15.8. The summed E-state index contributed by atoms with van der Waals surface area (Å²) in [6.07, 6.45) is -3.15. The zero-order chi connectivity index (χ0) is 28.1. The van der Waals surface area contributed by atoms with Gasteiger partial charge in [0.25, 0.3) is 8.32 Å². The average molecular weight is 544 g/mol. The van der Waals surface area contributed by atoms with Crippen molar-refractivity contribution in [1.29, 1.82) is 0 Å². The number of nitrogens with one attached hydrogen (secondary N) is 1. The zero-order valence-electron chi connectivity index (χ0n) is 23.6. The first-order chi connectivity index (χ1) is 17.8. The first-order valence-electron chi connectivity index (χ1n) is 12.8. The first kappa shape index (κ1) is 29.8. The molecule has 1 aliphatic rings. The normalized spacial score (nSPS) is 22.1. The second kappa shape index (κ2) is 12.0. The van der Waals surface area contributed by atoms with E-state index in [-0.39, 0.29) is 11.6 Å². The second-order valence-electron chi connectivity index (χ2n) is 11.5. The van der Waals surface area contributed by atoms with Crippen molar-refractivity contribution in [2.75, 3.05) is 20.8 Å². The maximum Gasteiger partial charge on any atom is 0.408 e. The molecule has 2 aromatic rings. The Bertz CT molecular complexity index is 1030. The molecule has 2 aromatic carbocycles. The third kappa shape index (κ3) is 6.46. The topological polar surface area (TPSA) is 92.3 Å². The minimum absolute atomic E-state index is 0.112. The smallest absolute Gasteiger partial charge is 0.408 e. The molecule has 1 fully saturated rings. The Morgan fingerprint density at radius 1 is 0.895 bits per heavy atom. The standard InChI is InChI=1S/C29H41NO7Si/c1-28(2,3)37-27(32)30-23-22(36-25(24(23)33-7)26(31)34-8)19-35-38(29(4,5)6,20-15-11-9-12-16-20)21-17-13-10-14-18-21/h9-18,22-25H,19H2,1-8H3,(H,30,32)/t22-,23-,24-,25-/m1/s1. The van der Waals surface area contributed by atoms with Crippen LogP contribution in [-0.4, -0.2) is 71.2 Å². The molecule has 3 rings (SSSR count). The highest BCUT2D eigenvalue weighted by Gasteiger charge is 2.54. The van der Waals surface area contributed by atoms with Gasteiger partial charge in [-0.2, -0.15) is 0 Å². The van der Waals surface area contributed by atoms with Crippen molar-refractivity contribution in [1.82, 2.24) is 5.32 Å². The van der Waals surface area contributed by atoms with Crippen LogP contribution in [0.4, 0.5) is 4.79 Å². The van der Waals surface area contributed by atoms with E-state index >= 15 is 0 Å². The maximum absolute atomic E-state index is 12.8. The Labute approximate surface area is 227 Å². The Morgan fingerprint density at radius 2 is 1.42 bits per heavy atom. The van der Waals surface area contributed by atoms with Gasteiger partial charge in [-0.15, -0.1) is 0 Å². The highest BCUT2D eigenvalue weighted by Crippen LogP contribution is 2.37. The van der Waals surface area contributed by atoms with Crippen LogP contribution >= 0.6 is 0 Å². The highest BCUT2D eigenvalue weighted by atomic mass is 28.4. The summed E-state index contributed by atoms with van der Waals surface area (Å²) in [7, 11) is -0.131. The van der Waals surface area contributed by atoms with Gasteiger partial charge < -0.3 is 28.7 Å². The monoisotopic (exact) mass is 543 g/mol. The van der Waals surface area contributed by atoms with E-state index in [0.717, 1.165) is 10.4 Å². The third-order valence-corrected chi connectivity index (χ3v) is 11.6. The zero-order valence-corrected chi connectivity index (χ0v) is 24.6. The molecule has 38 heavy (non-hydrogen) atoms. The Morgan fingerprint density at radius 3 is 1.84 bits per heavy atom. The van der Waals surface area contributed by atoms with Crippen LogP contribution < -0.4 is 15.7 Å². The molecule has 0 aliphatic carbocycles. The molecular weight excluding hydrogens is 502 g/mol. The van der Waals surface area contributed by atoms with E-state index in [1.807, 2.05) is 36.4 Å². The quantitative estimate of drug-likeness (QED) is 0.403. The molecular formula is C29H41NO7Si. The SMILES string of the molecule is COC(=O)[C@@H]1O[C@H](CO[Si](c2ccccc2)(c2ccccc2)C(C)(C)C)[C@@H](NC(=O)OC(C)(C)C)[C@H]1OC. The van der Waals surface area contributed by atoms with E-state index in [2.05, 4.69) is 50.4 Å². The van der Waals surface area contributed by atoms with E-state index in [0.29, 0.717) is 0 Å². The summed E-state index contributed by atoms with van der Waals surface area (Å²) < 4.78 is 29.3. The summed E-state index contributed by atoms with van der Waals surface area (Å²) in [6.45, 7) is 12.0. The Balaban J connectivity index is 2.01. The predicted molar refractivity (Wildman–Crippen MR) is 148 cm³/mol. The number of methoxy groups -OCH3 is 2. The summed E-state index contributed by atoms with van der Waals surface area (Å²) in [5.74, 6) is -0.583. The van der Waals surface area contributed by atoms with Gasteiger partial charge in [-0.05, 0) is 36.2 Å².